The summed E-state index contributed by atoms with van der Waals surface area (Å²) in [5.74, 6) is -2.04. The first-order valence-corrected chi connectivity index (χ1v) is 11.5. The Hall–Kier alpha value is -2.88. The van der Waals surface area contributed by atoms with E-state index in [9.17, 15) is 18.0 Å². The standard InChI is InChI=1S/C22H29N3O2.C2HF3O2/c26-21(13-17-7-3-1-4-8-17)23-14-20-22-19(11-12-27-20)16-25(24-22)15-18-9-5-2-6-10-18;3-2(4,5)1(6)7/h2,5-6,9-10,16-17,20H,1,3-4,7-8,11-15H2,(H,23,26);(H,6,7). The molecule has 1 amide bonds. The highest BCUT2D eigenvalue weighted by Gasteiger charge is 2.38. The quantitative estimate of drug-likeness (QED) is 0.643. The predicted octanol–water partition coefficient (Wildman–Crippen LogP) is 4.27. The topological polar surface area (TPSA) is 93.5 Å². The second-order valence-electron chi connectivity index (χ2n) is 8.65. The number of hydrogen-bond acceptors (Lipinski definition) is 4. The van der Waals surface area contributed by atoms with Crippen LogP contribution in [0.5, 0.6) is 0 Å². The van der Waals surface area contributed by atoms with Crippen LogP contribution >= 0.6 is 0 Å². The first-order valence-electron chi connectivity index (χ1n) is 11.5. The molecule has 0 radical (unpaired) electrons. The molecule has 2 aliphatic rings. The minimum absolute atomic E-state index is 0.138. The largest absolute Gasteiger partial charge is 0.490 e. The zero-order chi connectivity index (χ0) is 24.6. The zero-order valence-electron chi connectivity index (χ0n) is 18.9. The maximum absolute atomic E-state index is 12.3. The first kappa shape index (κ1) is 25.7. The number of aliphatic carboxylic acids is 1. The monoisotopic (exact) mass is 481 g/mol. The summed E-state index contributed by atoms with van der Waals surface area (Å²) < 4.78 is 39.6. The highest BCUT2D eigenvalue weighted by Crippen LogP contribution is 2.27. The molecule has 1 fully saturated rings. The number of aromatic nitrogens is 2. The van der Waals surface area contributed by atoms with Crippen LogP contribution in [0.3, 0.4) is 0 Å². The number of alkyl halides is 3. The first-order chi connectivity index (χ1) is 16.2. The number of amides is 1. The second kappa shape index (κ2) is 12.0. The summed E-state index contributed by atoms with van der Waals surface area (Å²) in [5.41, 5.74) is 3.45. The normalized spacial score (nSPS) is 18.4. The fourth-order valence-electron chi connectivity index (χ4n) is 4.27. The minimum atomic E-state index is -5.08. The van der Waals surface area contributed by atoms with Crippen molar-refractivity contribution < 1.29 is 32.6 Å². The number of nitrogens with one attached hydrogen (secondary N) is 1. The number of benzene rings is 1. The van der Waals surface area contributed by atoms with Crippen molar-refractivity contribution in [1.29, 1.82) is 0 Å². The van der Waals surface area contributed by atoms with Gasteiger partial charge < -0.3 is 15.2 Å². The zero-order valence-corrected chi connectivity index (χ0v) is 18.9. The van der Waals surface area contributed by atoms with Crippen LogP contribution in [-0.4, -0.2) is 46.1 Å². The van der Waals surface area contributed by atoms with E-state index in [2.05, 4.69) is 23.6 Å². The number of fused-ring (bicyclic) bond motifs is 1. The van der Waals surface area contributed by atoms with E-state index in [1.807, 2.05) is 22.9 Å². The second-order valence-corrected chi connectivity index (χ2v) is 8.65. The van der Waals surface area contributed by atoms with Gasteiger partial charge in [-0.25, -0.2) is 4.79 Å². The molecule has 1 atom stereocenters. The van der Waals surface area contributed by atoms with Crippen LogP contribution in [0.25, 0.3) is 0 Å². The lowest BCUT2D eigenvalue weighted by Gasteiger charge is -2.24. The smallest absolute Gasteiger partial charge is 0.475 e. The van der Waals surface area contributed by atoms with Crippen molar-refractivity contribution >= 4 is 11.9 Å². The van der Waals surface area contributed by atoms with Gasteiger partial charge in [0.15, 0.2) is 0 Å². The molecular weight excluding hydrogens is 451 g/mol. The number of carbonyl (C=O) groups is 2. The van der Waals surface area contributed by atoms with E-state index < -0.39 is 12.1 Å². The lowest BCUT2D eigenvalue weighted by atomic mass is 9.87. The minimum Gasteiger partial charge on any atom is -0.475 e. The molecule has 34 heavy (non-hydrogen) atoms. The molecule has 1 aliphatic carbocycles. The fourth-order valence-corrected chi connectivity index (χ4v) is 4.27. The molecule has 1 unspecified atom stereocenters. The molecular formula is C24H30F3N3O4. The molecule has 2 aromatic rings. The number of nitrogens with zero attached hydrogens (tertiary/aromatic N) is 2. The van der Waals surface area contributed by atoms with Crippen LogP contribution in [0.2, 0.25) is 0 Å². The average Bonchev–Trinajstić information content (AvgIpc) is 3.22. The van der Waals surface area contributed by atoms with Crippen molar-refractivity contribution in [3.63, 3.8) is 0 Å². The summed E-state index contributed by atoms with van der Waals surface area (Å²) in [4.78, 5) is 21.2. The van der Waals surface area contributed by atoms with Gasteiger partial charge in [-0.2, -0.15) is 18.3 Å². The van der Waals surface area contributed by atoms with Crippen molar-refractivity contribution in [3.8, 4) is 0 Å². The van der Waals surface area contributed by atoms with Gasteiger partial charge in [0.1, 0.15) is 6.10 Å². The number of carboxylic acids is 1. The van der Waals surface area contributed by atoms with Crippen molar-refractivity contribution in [2.24, 2.45) is 5.92 Å². The van der Waals surface area contributed by atoms with E-state index in [0.29, 0.717) is 25.5 Å². The Balaban J connectivity index is 0.000000406. The van der Waals surface area contributed by atoms with Crippen LogP contribution in [-0.2, 0) is 27.3 Å². The number of carbonyl (C=O) groups excluding carboxylic acids is 1. The molecule has 0 bridgehead atoms. The van der Waals surface area contributed by atoms with Crippen LogP contribution < -0.4 is 5.32 Å². The third-order valence-corrected chi connectivity index (χ3v) is 5.98. The van der Waals surface area contributed by atoms with Crippen LogP contribution in [0, 0.1) is 5.92 Å². The third kappa shape index (κ3) is 7.86. The van der Waals surface area contributed by atoms with Crippen molar-refractivity contribution in [1.82, 2.24) is 15.1 Å². The number of rotatable bonds is 6. The summed E-state index contributed by atoms with van der Waals surface area (Å²) in [5, 5.41) is 15.0. The lowest BCUT2D eigenvalue weighted by Crippen LogP contribution is -2.33. The van der Waals surface area contributed by atoms with Gasteiger partial charge in [-0.15, -0.1) is 0 Å². The van der Waals surface area contributed by atoms with Gasteiger partial charge in [-0.05, 0) is 36.3 Å². The molecule has 2 heterocycles. The van der Waals surface area contributed by atoms with Crippen molar-refractivity contribution in [2.75, 3.05) is 13.2 Å². The molecule has 1 saturated carbocycles. The maximum atomic E-state index is 12.3. The molecule has 1 aliphatic heterocycles. The summed E-state index contributed by atoms with van der Waals surface area (Å²) in [6, 6.07) is 10.3. The number of carboxylic acid groups (broad SMARTS) is 1. The Kier molecular flexibility index (Phi) is 9.09. The van der Waals surface area contributed by atoms with Gasteiger partial charge in [0.2, 0.25) is 5.91 Å². The van der Waals surface area contributed by atoms with Crippen molar-refractivity contribution in [2.45, 2.75) is 63.8 Å². The van der Waals surface area contributed by atoms with Crippen molar-refractivity contribution in [3.05, 3.63) is 53.3 Å². The molecule has 2 N–H and O–H groups in total. The third-order valence-electron chi connectivity index (χ3n) is 5.98. The van der Waals surface area contributed by atoms with E-state index in [1.54, 1.807) is 0 Å². The highest BCUT2D eigenvalue weighted by atomic mass is 19.4. The summed E-state index contributed by atoms with van der Waals surface area (Å²) >= 11 is 0. The number of hydrogen-bond donors (Lipinski definition) is 2. The van der Waals surface area contributed by atoms with Gasteiger partial charge >= 0.3 is 12.1 Å². The average molecular weight is 482 g/mol. The summed E-state index contributed by atoms with van der Waals surface area (Å²) in [6.45, 7) is 1.96. The highest BCUT2D eigenvalue weighted by molar-refractivity contribution is 5.76. The Morgan fingerprint density at radius 1 is 1.15 bits per heavy atom. The molecule has 0 spiro atoms. The van der Waals surface area contributed by atoms with Crippen LogP contribution in [0.4, 0.5) is 13.2 Å². The van der Waals surface area contributed by atoms with Gasteiger partial charge in [-0.1, -0.05) is 49.6 Å². The lowest BCUT2D eigenvalue weighted by molar-refractivity contribution is -0.192. The molecule has 186 valence electrons. The Morgan fingerprint density at radius 2 is 1.82 bits per heavy atom. The molecule has 7 nitrogen and oxygen atoms in total. The molecule has 1 aromatic carbocycles. The fraction of sp³-hybridized carbons (Fsp3) is 0.542. The number of ether oxygens (including phenoxy) is 1. The van der Waals surface area contributed by atoms with E-state index in [4.69, 9.17) is 19.7 Å². The maximum Gasteiger partial charge on any atom is 0.490 e. The van der Waals surface area contributed by atoms with Gasteiger partial charge in [0, 0.05) is 19.2 Å². The Labute approximate surface area is 196 Å². The van der Waals surface area contributed by atoms with Crippen LogP contribution in [0.15, 0.2) is 36.5 Å². The summed E-state index contributed by atoms with van der Waals surface area (Å²) in [6.07, 6.45) is 4.70. The van der Waals surface area contributed by atoms with Crippen LogP contribution in [0.1, 0.15) is 61.4 Å². The predicted molar refractivity (Wildman–Crippen MR) is 118 cm³/mol. The van der Waals surface area contributed by atoms with Gasteiger partial charge in [-0.3, -0.25) is 9.48 Å². The van der Waals surface area contributed by atoms with E-state index in [1.165, 1.54) is 43.2 Å². The SMILES string of the molecule is O=C(CC1CCCCC1)NCC1OCCc2cn(Cc3ccccc3)nc21.O=C(O)C(F)(F)F. The Morgan fingerprint density at radius 3 is 2.47 bits per heavy atom. The summed E-state index contributed by atoms with van der Waals surface area (Å²) in [7, 11) is 0. The molecule has 0 saturated heterocycles. The van der Waals surface area contributed by atoms with E-state index in [-0.39, 0.29) is 12.0 Å². The van der Waals surface area contributed by atoms with Gasteiger partial charge in [0.05, 0.1) is 18.8 Å². The molecule has 1 aromatic heterocycles. The Bertz CT molecular complexity index is 941. The molecule has 10 heteroatoms. The van der Waals surface area contributed by atoms with E-state index in [0.717, 1.165) is 18.7 Å². The van der Waals surface area contributed by atoms with Gasteiger partial charge in [0.25, 0.3) is 0 Å². The van der Waals surface area contributed by atoms with E-state index >= 15 is 0 Å². The molecule has 4 rings (SSSR count). The number of halogens is 3.